The molecule has 1 fully saturated rings. The third kappa shape index (κ3) is 2.20. The van der Waals surface area contributed by atoms with Gasteiger partial charge < -0.3 is 9.80 Å². The van der Waals surface area contributed by atoms with E-state index < -0.39 is 5.41 Å². The molecule has 2 amide bonds. The average Bonchev–Trinajstić information content (AvgIpc) is 3.21. The van der Waals surface area contributed by atoms with Crippen molar-refractivity contribution in [1.29, 1.82) is 0 Å². The quantitative estimate of drug-likeness (QED) is 0.842. The second-order valence-corrected chi connectivity index (χ2v) is 6.79. The minimum Gasteiger partial charge on any atom is -0.337 e. The lowest BCUT2D eigenvalue weighted by Gasteiger charge is -2.38. The van der Waals surface area contributed by atoms with Crippen molar-refractivity contribution in [2.24, 2.45) is 0 Å². The zero-order chi connectivity index (χ0) is 17.6. The Morgan fingerprint density at radius 2 is 1.92 bits per heavy atom. The molecule has 6 heteroatoms. The number of aromatic nitrogens is 2. The Hall–Kier alpha value is -2.63. The highest BCUT2D eigenvalue weighted by atomic mass is 16.2. The number of benzene rings is 1. The molecule has 2 aromatic rings. The van der Waals surface area contributed by atoms with Crippen LogP contribution < -0.4 is 4.90 Å². The van der Waals surface area contributed by atoms with Crippen LogP contribution in [0.3, 0.4) is 0 Å². The van der Waals surface area contributed by atoms with Gasteiger partial charge in [0.2, 0.25) is 5.91 Å². The number of hydrogen-bond acceptors (Lipinski definition) is 3. The summed E-state index contributed by atoms with van der Waals surface area (Å²) in [5.74, 6) is 0.153. The number of anilines is 1. The second kappa shape index (κ2) is 5.72. The fourth-order valence-electron chi connectivity index (χ4n) is 4.22. The smallest absolute Gasteiger partial charge is 0.272 e. The molecule has 1 aromatic heterocycles. The Labute approximate surface area is 147 Å². The Morgan fingerprint density at radius 3 is 2.64 bits per heavy atom. The largest absolute Gasteiger partial charge is 0.337 e. The van der Waals surface area contributed by atoms with Crippen molar-refractivity contribution in [3.8, 4) is 0 Å². The third-order valence-electron chi connectivity index (χ3n) is 5.63. The van der Waals surface area contributed by atoms with E-state index in [1.54, 1.807) is 21.8 Å². The van der Waals surface area contributed by atoms with Gasteiger partial charge in [-0.25, -0.2) is 0 Å². The summed E-state index contributed by atoms with van der Waals surface area (Å²) in [7, 11) is 1.84. The third-order valence-corrected chi connectivity index (χ3v) is 5.63. The van der Waals surface area contributed by atoms with Crippen molar-refractivity contribution in [2.75, 3.05) is 25.0 Å². The molecule has 130 valence electrons. The van der Waals surface area contributed by atoms with Gasteiger partial charge in [0, 0.05) is 38.6 Å². The summed E-state index contributed by atoms with van der Waals surface area (Å²) < 4.78 is 1.72. The standard InChI is InChI=1S/C19H22N4O2/c1-3-23-16(8-11-20-23)17(24)22-12-9-19(10-13-22)14-6-4-5-7-15(14)21(2)18(19)25/h4-8,11H,3,9-10,12-13H2,1-2H3. The van der Waals surface area contributed by atoms with Crippen LogP contribution >= 0.6 is 0 Å². The van der Waals surface area contributed by atoms with E-state index in [1.807, 2.05) is 37.1 Å². The number of hydrogen-bond donors (Lipinski definition) is 0. The zero-order valence-corrected chi connectivity index (χ0v) is 14.6. The van der Waals surface area contributed by atoms with Crippen molar-refractivity contribution in [3.63, 3.8) is 0 Å². The van der Waals surface area contributed by atoms with Crippen LogP contribution in [0.4, 0.5) is 5.69 Å². The number of nitrogens with zero attached hydrogens (tertiary/aromatic N) is 4. The first-order chi connectivity index (χ1) is 12.1. The topological polar surface area (TPSA) is 58.4 Å². The molecule has 0 atom stereocenters. The van der Waals surface area contributed by atoms with Crippen molar-refractivity contribution in [3.05, 3.63) is 47.8 Å². The lowest BCUT2D eigenvalue weighted by molar-refractivity contribution is -0.124. The van der Waals surface area contributed by atoms with Crippen molar-refractivity contribution in [2.45, 2.75) is 31.7 Å². The summed E-state index contributed by atoms with van der Waals surface area (Å²) in [6, 6.07) is 9.77. The molecule has 6 nitrogen and oxygen atoms in total. The molecule has 0 bridgehead atoms. The van der Waals surface area contributed by atoms with Gasteiger partial charge in [-0.1, -0.05) is 18.2 Å². The van der Waals surface area contributed by atoms with Crippen molar-refractivity contribution < 1.29 is 9.59 Å². The molecule has 1 saturated heterocycles. The van der Waals surface area contributed by atoms with Crippen LogP contribution in [-0.2, 0) is 16.8 Å². The first-order valence-electron chi connectivity index (χ1n) is 8.77. The maximum absolute atomic E-state index is 13.0. The number of carbonyl (C=O) groups excluding carboxylic acids is 2. The van der Waals surface area contributed by atoms with E-state index >= 15 is 0 Å². The Kier molecular flexibility index (Phi) is 3.63. The molecule has 4 rings (SSSR count). The molecule has 1 spiro atoms. The van der Waals surface area contributed by atoms with Crippen LogP contribution in [0.25, 0.3) is 0 Å². The first-order valence-corrected chi connectivity index (χ1v) is 8.77. The second-order valence-electron chi connectivity index (χ2n) is 6.79. The van der Waals surface area contributed by atoms with Gasteiger partial charge in [0.25, 0.3) is 5.91 Å². The highest BCUT2D eigenvalue weighted by Gasteiger charge is 2.51. The lowest BCUT2D eigenvalue weighted by atomic mass is 9.73. The summed E-state index contributed by atoms with van der Waals surface area (Å²) >= 11 is 0. The molecule has 3 heterocycles. The number of para-hydroxylation sites is 1. The van der Waals surface area contributed by atoms with Gasteiger partial charge in [-0.05, 0) is 37.5 Å². The van der Waals surface area contributed by atoms with Crippen molar-refractivity contribution >= 4 is 17.5 Å². The average molecular weight is 338 g/mol. The summed E-state index contributed by atoms with van der Waals surface area (Å²) in [4.78, 5) is 29.4. The first kappa shape index (κ1) is 15.9. The van der Waals surface area contributed by atoms with Crippen LogP contribution in [0.15, 0.2) is 36.5 Å². The minimum atomic E-state index is -0.479. The van der Waals surface area contributed by atoms with Crippen LogP contribution in [0.5, 0.6) is 0 Å². The maximum atomic E-state index is 13.0. The summed E-state index contributed by atoms with van der Waals surface area (Å²) in [5.41, 5.74) is 2.24. The van der Waals surface area contributed by atoms with Gasteiger partial charge in [-0.15, -0.1) is 0 Å². The van der Waals surface area contributed by atoms with Gasteiger partial charge in [0.1, 0.15) is 5.69 Å². The summed E-state index contributed by atoms with van der Waals surface area (Å²) in [6.07, 6.45) is 2.99. The van der Waals surface area contributed by atoms with Gasteiger partial charge in [-0.2, -0.15) is 5.10 Å². The van der Waals surface area contributed by atoms with E-state index in [4.69, 9.17) is 0 Å². The van der Waals surface area contributed by atoms with Crippen molar-refractivity contribution in [1.82, 2.24) is 14.7 Å². The van der Waals surface area contributed by atoms with Gasteiger partial charge >= 0.3 is 0 Å². The summed E-state index contributed by atoms with van der Waals surface area (Å²) in [5, 5.41) is 4.18. The maximum Gasteiger partial charge on any atom is 0.272 e. The molecule has 25 heavy (non-hydrogen) atoms. The number of carbonyl (C=O) groups is 2. The molecule has 1 aromatic carbocycles. The number of amides is 2. The van der Waals surface area contributed by atoms with E-state index in [9.17, 15) is 9.59 Å². The highest BCUT2D eigenvalue weighted by molar-refractivity contribution is 6.08. The molecule has 2 aliphatic rings. The van der Waals surface area contributed by atoms with E-state index in [1.165, 1.54) is 0 Å². The molecule has 0 aliphatic carbocycles. The minimum absolute atomic E-state index is 0.00119. The van der Waals surface area contributed by atoms with Gasteiger partial charge in [-0.3, -0.25) is 14.3 Å². The molecule has 0 saturated carbocycles. The number of likely N-dealkylation sites (tertiary alicyclic amines) is 1. The fraction of sp³-hybridized carbons (Fsp3) is 0.421. The Balaban J connectivity index is 1.58. The number of rotatable bonds is 2. The fourth-order valence-corrected chi connectivity index (χ4v) is 4.22. The van der Waals surface area contributed by atoms with Crippen LogP contribution in [0.1, 0.15) is 35.8 Å². The lowest BCUT2D eigenvalue weighted by Crippen LogP contribution is -2.49. The van der Waals surface area contributed by atoms with Gasteiger partial charge in [0.05, 0.1) is 5.41 Å². The van der Waals surface area contributed by atoms with Crippen LogP contribution in [0.2, 0.25) is 0 Å². The number of aryl methyl sites for hydroxylation is 1. The molecule has 0 unspecified atom stereocenters. The van der Waals surface area contributed by atoms with Crippen LogP contribution in [-0.4, -0.2) is 46.6 Å². The van der Waals surface area contributed by atoms with E-state index in [2.05, 4.69) is 11.2 Å². The van der Waals surface area contributed by atoms with E-state index in [0.717, 1.165) is 11.3 Å². The Morgan fingerprint density at radius 1 is 1.20 bits per heavy atom. The SMILES string of the molecule is CCn1nccc1C(=O)N1CCC2(CC1)C(=O)N(C)c1ccccc12. The Bertz CT molecular complexity index is 833. The summed E-state index contributed by atoms with van der Waals surface area (Å²) in [6.45, 7) is 3.81. The molecular formula is C19H22N4O2. The number of piperidine rings is 1. The zero-order valence-electron chi connectivity index (χ0n) is 14.6. The highest BCUT2D eigenvalue weighted by Crippen LogP contribution is 2.47. The van der Waals surface area contributed by atoms with Gasteiger partial charge in [0.15, 0.2) is 0 Å². The molecule has 0 N–H and O–H groups in total. The normalized spacial score (nSPS) is 18.7. The van der Waals surface area contributed by atoms with E-state index in [0.29, 0.717) is 38.2 Å². The molecular weight excluding hydrogens is 316 g/mol. The monoisotopic (exact) mass is 338 g/mol. The van der Waals surface area contributed by atoms with E-state index in [-0.39, 0.29) is 11.8 Å². The molecule has 0 radical (unpaired) electrons. The predicted octanol–water partition coefficient (Wildman–Crippen LogP) is 2.05. The number of likely N-dealkylation sites (N-methyl/N-ethyl adjacent to an activating group) is 1. The van der Waals surface area contributed by atoms with Crippen LogP contribution in [0, 0.1) is 0 Å². The predicted molar refractivity (Wildman–Crippen MR) is 94.6 cm³/mol. The molecule has 2 aliphatic heterocycles. The number of fused-ring (bicyclic) bond motifs is 2.